The summed E-state index contributed by atoms with van der Waals surface area (Å²) in [5.41, 5.74) is 0.700. The molecule has 0 heterocycles. The van der Waals surface area contributed by atoms with Crippen molar-refractivity contribution in [3.63, 3.8) is 0 Å². The Morgan fingerprint density at radius 1 is 1.08 bits per heavy atom. The van der Waals surface area contributed by atoms with Crippen molar-refractivity contribution in [2.45, 2.75) is 20.3 Å². The molecule has 1 rings (SSSR count). The smallest absolute Gasteiger partial charge is 0.347 e. The van der Waals surface area contributed by atoms with Gasteiger partial charge in [0.1, 0.15) is 13.2 Å². The van der Waals surface area contributed by atoms with Crippen molar-refractivity contribution in [1.82, 2.24) is 0 Å². The highest BCUT2D eigenvalue weighted by Gasteiger charge is 2.06. The molecule has 138 valence electrons. The van der Waals surface area contributed by atoms with E-state index >= 15 is 0 Å². The fourth-order valence-electron chi connectivity index (χ4n) is 1.68. The van der Waals surface area contributed by atoms with Crippen LogP contribution in [0.3, 0.4) is 0 Å². The summed E-state index contributed by atoms with van der Waals surface area (Å²) in [6.45, 7) is 3.87. The highest BCUT2D eigenvalue weighted by molar-refractivity contribution is 5.80. The fourth-order valence-corrected chi connectivity index (χ4v) is 1.68. The van der Waals surface area contributed by atoms with Crippen LogP contribution in [0.1, 0.15) is 25.8 Å². The number of methoxy groups -OCH3 is 1. The third-order valence-electron chi connectivity index (χ3n) is 2.84. The molecule has 0 aliphatic carbocycles. The number of hydrogen-bond acceptors (Lipinski definition) is 8. The van der Waals surface area contributed by atoms with Gasteiger partial charge in [-0.1, -0.05) is 12.1 Å². The summed E-state index contributed by atoms with van der Waals surface area (Å²) >= 11 is 0. The Morgan fingerprint density at radius 2 is 1.88 bits per heavy atom. The molecule has 0 bridgehead atoms. The standard InChI is InChI=1S/C17H23NO7/c1-4-16(19)24-9-8-23-14-7-6-13(10-15(14)21-3)11-18-25-12-17(20)22-5-2/h6-7,10-11H,4-5,8-9,12H2,1-3H3/b18-11-. The van der Waals surface area contributed by atoms with Gasteiger partial charge in [-0.15, -0.1) is 0 Å². The lowest BCUT2D eigenvalue weighted by Crippen LogP contribution is -2.11. The highest BCUT2D eigenvalue weighted by Crippen LogP contribution is 2.27. The zero-order valence-electron chi connectivity index (χ0n) is 14.6. The fraction of sp³-hybridized carbons (Fsp3) is 0.471. The van der Waals surface area contributed by atoms with Crippen LogP contribution in [0, 0.1) is 0 Å². The molecule has 0 amide bonds. The monoisotopic (exact) mass is 353 g/mol. The molecule has 8 nitrogen and oxygen atoms in total. The van der Waals surface area contributed by atoms with E-state index in [0.717, 1.165) is 0 Å². The molecule has 0 spiro atoms. The Kier molecular flexibility index (Phi) is 9.50. The third-order valence-corrected chi connectivity index (χ3v) is 2.84. The first kappa shape index (κ1) is 20.3. The van der Waals surface area contributed by atoms with Gasteiger partial charge in [0.05, 0.1) is 19.9 Å². The quantitative estimate of drug-likeness (QED) is 0.260. The predicted molar refractivity (Wildman–Crippen MR) is 89.9 cm³/mol. The van der Waals surface area contributed by atoms with Crippen LogP contribution in [-0.2, 0) is 23.9 Å². The van der Waals surface area contributed by atoms with Crippen molar-refractivity contribution in [1.29, 1.82) is 0 Å². The number of oxime groups is 1. The Hall–Kier alpha value is -2.77. The molecule has 0 saturated carbocycles. The summed E-state index contributed by atoms with van der Waals surface area (Å²) in [5.74, 6) is 0.255. The number of carbonyl (C=O) groups is 2. The molecule has 0 N–H and O–H groups in total. The van der Waals surface area contributed by atoms with E-state index < -0.39 is 5.97 Å². The second kappa shape index (κ2) is 11.7. The SMILES string of the molecule is CCOC(=O)CO/N=C\c1ccc(OCCOC(=O)CC)c(OC)c1. The first-order valence-electron chi connectivity index (χ1n) is 7.88. The molecule has 0 aromatic heterocycles. The van der Waals surface area contributed by atoms with Gasteiger partial charge in [-0.25, -0.2) is 4.79 Å². The van der Waals surface area contributed by atoms with E-state index in [1.54, 1.807) is 32.0 Å². The maximum Gasteiger partial charge on any atom is 0.347 e. The topological polar surface area (TPSA) is 92.7 Å². The number of esters is 2. The van der Waals surface area contributed by atoms with Crippen LogP contribution in [0.4, 0.5) is 0 Å². The van der Waals surface area contributed by atoms with E-state index in [1.807, 2.05) is 0 Å². The third kappa shape index (κ3) is 8.05. The Morgan fingerprint density at radius 3 is 2.56 bits per heavy atom. The van der Waals surface area contributed by atoms with Gasteiger partial charge >= 0.3 is 11.9 Å². The van der Waals surface area contributed by atoms with Crippen LogP contribution < -0.4 is 9.47 Å². The minimum atomic E-state index is -0.482. The maximum atomic E-state index is 11.1. The molecule has 0 radical (unpaired) electrons. The average Bonchev–Trinajstić information content (AvgIpc) is 2.62. The molecule has 1 aromatic carbocycles. The zero-order chi connectivity index (χ0) is 18.5. The number of ether oxygens (including phenoxy) is 4. The molecule has 0 unspecified atom stereocenters. The van der Waals surface area contributed by atoms with Gasteiger partial charge in [-0.3, -0.25) is 4.79 Å². The van der Waals surface area contributed by atoms with Gasteiger partial charge in [-0.2, -0.15) is 0 Å². The lowest BCUT2D eigenvalue weighted by atomic mass is 10.2. The van der Waals surface area contributed by atoms with Crippen LogP contribution in [0.25, 0.3) is 0 Å². The number of hydrogen-bond donors (Lipinski definition) is 0. The van der Waals surface area contributed by atoms with E-state index in [-0.39, 0.29) is 25.8 Å². The maximum absolute atomic E-state index is 11.1. The Bertz CT molecular complexity index is 586. The van der Waals surface area contributed by atoms with Gasteiger partial charge < -0.3 is 23.8 Å². The zero-order valence-corrected chi connectivity index (χ0v) is 14.6. The first-order chi connectivity index (χ1) is 12.1. The molecule has 1 aromatic rings. The molecule has 0 atom stereocenters. The lowest BCUT2D eigenvalue weighted by Gasteiger charge is -2.11. The molecule has 25 heavy (non-hydrogen) atoms. The molecule has 8 heteroatoms. The van der Waals surface area contributed by atoms with E-state index in [9.17, 15) is 9.59 Å². The minimum absolute atomic E-state index is 0.167. The minimum Gasteiger partial charge on any atom is -0.493 e. The van der Waals surface area contributed by atoms with Gasteiger partial charge in [-0.05, 0) is 25.1 Å². The lowest BCUT2D eigenvalue weighted by molar-refractivity contribution is -0.148. The number of benzene rings is 1. The second-order valence-electron chi connectivity index (χ2n) is 4.65. The normalized spacial score (nSPS) is 10.4. The largest absolute Gasteiger partial charge is 0.493 e. The molecule has 0 fully saturated rings. The second-order valence-corrected chi connectivity index (χ2v) is 4.65. The van der Waals surface area contributed by atoms with Gasteiger partial charge in [0.2, 0.25) is 6.61 Å². The summed E-state index contributed by atoms with van der Waals surface area (Å²) in [5, 5.41) is 3.69. The van der Waals surface area contributed by atoms with Crippen molar-refractivity contribution in [3.8, 4) is 11.5 Å². The van der Waals surface area contributed by atoms with Gasteiger partial charge in [0.25, 0.3) is 0 Å². The summed E-state index contributed by atoms with van der Waals surface area (Å²) in [6, 6.07) is 5.14. The van der Waals surface area contributed by atoms with Gasteiger partial charge in [0.15, 0.2) is 11.5 Å². The number of nitrogens with zero attached hydrogens (tertiary/aromatic N) is 1. The number of rotatable bonds is 11. The van der Waals surface area contributed by atoms with Crippen LogP contribution in [0.2, 0.25) is 0 Å². The number of carbonyl (C=O) groups excluding carboxylic acids is 2. The highest BCUT2D eigenvalue weighted by atomic mass is 16.6. The van der Waals surface area contributed by atoms with Gasteiger partial charge in [0, 0.05) is 12.0 Å². The summed E-state index contributed by atoms with van der Waals surface area (Å²) in [4.78, 5) is 27.0. The van der Waals surface area contributed by atoms with E-state index in [0.29, 0.717) is 30.1 Å². The van der Waals surface area contributed by atoms with Crippen molar-refractivity contribution < 1.29 is 33.4 Å². The first-order valence-corrected chi connectivity index (χ1v) is 7.88. The molecular weight excluding hydrogens is 330 g/mol. The van der Waals surface area contributed by atoms with Crippen LogP contribution in [0.5, 0.6) is 11.5 Å². The predicted octanol–water partition coefficient (Wildman–Crippen LogP) is 1.94. The van der Waals surface area contributed by atoms with E-state index in [2.05, 4.69) is 5.16 Å². The van der Waals surface area contributed by atoms with Crippen molar-refractivity contribution in [2.75, 3.05) is 33.5 Å². The van der Waals surface area contributed by atoms with Crippen molar-refractivity contribution in [3.05, 3.63) is 23.8 Å². The average molecular weight is 353 g/mol. The van der Waals surface area contributed by atoms with Crippen LogP contribution in [0.15, 0.2) is 23.4 Å². The van der Waals surface area contributed by atoms with E-state index in [4.69, 9.17) is 23.8 Å². The Labute approximate surface area is 146 Å². The molecule has 0 aliphatic rings. The Balaban J connectivity index is 2.50. The van der Waals surface area contributed by atoms with Crippen molar-refractivity contribution in [2.24, 2.45) is 5.16 Å². The molecule has 0 saturated heterocycles. The molecular formula is C17H23NO7. The molecule has 0 aliphatic heterocycles. The van der Waals surface area contributed by atoms with Crippen LogP contribution >= 0.6 is 0 Å². The van der Waals surface area contributed by atoms with E-state index in [1.165, 1.54) is 13.3 Å². The summed E-state index contributed by atoms with van der Waals surface area (Å²) in [6.07, 6.45) is 1.77. The summed E-state index contributed by atoms with van der Waals surface area (Å²) < 4.78 is 20.4. The van der Waals surface area contributed by atoms with Crippen LogP contribution in [-0.4, -0.2) is 51.7 Å². The van der Waals surface area contributed by atoms with Crippen molar-refractivity contribution >= 4 is 18.2 Å². The summed E-state index contributed by atoms with van der Waals surface area (Å²) in [7, 11) is 1.51.